The molecule has 1 aliphatic heterocycles. The van der Waals surface area contributed by atoms with Gasteiger partial charge in [-0.05, 0) is 37.6 Å². The fourth-order valence-electron chi connectivity index (χ4n) is 3.54. The van der Waals surface area contributed by atoms with Gasteiger partial charge < -0.3 is 10.2 Å². The molecule has 4 nitrogen and oxygen atoms in total. The lowest BCUT2D eigenvalue weighted by atomic mass is 9.92. The number of hydrogen-bond acceptors (Lipinski definition) is 3. The largest absolute Gasteiger partial charge is 0.351 e. The number of likely N-dealkylation sites (tertiary alicyclic amines) is 1. The highest BCUT2D eigenvalue weighted by Gasteiger charge is 2.47. The molecule has 3 rings (SSSR count). The summed E-state index contributed by atoms with van der Waals surface area (Å²) in [6.07, 6.45) is 6.89. The second-order valence-corrected chi connectivity index (χ2v) is 7.67. The molecule has 120 valence electrons. The first-order valence-electron chi connectivity index (χ1n) is 8.23. The van der Waals surface area contributed by atoms with Gasteiger partial charge in [-0.3, -0.25) is 9.59 Å². The van der Waals surface area contributed by atoms with E-state index in [2.05, 4.69) is 5.32 Å². The number of thiophene rings is 1. The van der Waals surface area contributed by atoms with Gasteiger partial charge >= 0.3 is 0 Å². The first kappa shape index (κ1) is 15.5. The van der Waals surface area contributed by atoms with E-state index in [9.17, 15) is 9.59 Å². The summed E-state index contributed by atoms with van der Waals surface area (Å²) in [5, 5.41) is 5.21. The van der Waals surface area contributed by atoms with E-state index in [0.29, 0.717) is 19.4 Å². The van der Waals surface area contributed by atoms with Gasteiger partial charge in [-0.15, -0.1) is 11.3 Å². The van der Waals surface area contributed by atoms with E-state index < -0.39 is 5.54 Å². The van der Waals surface area contributed by atoms with Crippen LogP contribution in [0.4, 0.5) is 0 Å². The molecule has 0 spiro atoms. The highest BCUT2D eigenvalue weighted by atomic mass is 32.1. The number of rotatable bonds is 4. The highest BCUT2D eigenvalue weighted by Crippen LogP contribution is 2.33. The third-order valence-corrected chi connectivity index (χ3v) is 5.91. The van der Waals surface area contributed by atoms with Crippen LogP contribution >= 0.6 is 11.3 Å². The molecule has 2 amide bonds. The predicted molar refractivity (Wildman–Crippen MR) is 87.5 cm³/mol. The van der Waals surface area contributed by atoms with Gasteiger partial charge in [0.15, 0.2) is 0 Å². The Morgan fingerprint density at radius 3 is 2.86 bits per heavy atom. The van der Waals surface area contributed by atoms with Gasteiger partial charge in [-0.1, -0.05) is 25.3 Å². The second-order valence-electron chi connectivity index (χ2n) is 6.64. The van der Waals surface area contributed by atoms with Crippen molar-refractivity contribution in [2.45, 2.75) is 70.0 Å². The summed E-state index contributed by atoms with van der Waals surface area (Å²) in [5.41, 5.74) is -0.696. The molecule has 1 aliphatic carbocycles. The molecule has 0 aromatic carbocycles. The quantitative estimate of drug-likeness (QED) is 0.927. The zero-order valence-electron chi connectivity index (χ0n) is 13.1. The average molecular weight is 320 g/mol. The van der Waals surface area contributed by atoms with Crippen molar-refractivity contribution >= 4 is 23.2 Å². The summed E-state index contributed by atoms with van der Waals surface area (Å²) in [6, 6.07) is 4.30. The number of carbonyl (C=O) groups excluding carboxylic acids is 2. The lowest BCUT2D eigenvalue weighted by Gasteiger charge is -2.35. The Hall–Kier alpha value is -1.36. The van der Waals surface area contributed by atoms with Gasteiger partial charge in [-0.25, -0.2) is 0 Å². The summed E-state index contributed by atoms with van der Waals surface area (Å²) in [4.78, 5) is 28.0. The number of hydrogen-bond donors (Lipinski definition) is 1. The van der Waals surface area contributed by atoms with Crippen LogP contribution < -0.4 is 5.32 Å². The number of amides is 2. The SMILES string of the molecule is C[C@]1(C(=O)NC2CCCCC2)CCC(=O)N1Cc1cccs1. The van der Waals surface area contributed by atoms with Gasteiger partial charge in [-0.2, -0.15) is 0 Å². The van der Waals surface area contributed by atoms with Crippen LogP contribution in [0.5, 0.6) is 0 Å². The maximum Gasteiger partial charge on any atom is 0.245 e. The van der Waals surface area contributed by atoms with Crippen LogP contribution in [0.2, 0.25) is 0 Å². The molecule has 0 radical (unpaired) electrons. The van der Waals surface area contributed by atoms with E-state index in [1.807, 2.05) is 24.4 Å². The van der Waals surface area contributed by atoms with E-state index in [0.717, 1.165) is 17.7 Å². The van der Waals surface area contributed by atoms with Gasteiger partial charge in [0.2, 0.25) is 11.8 Å². The fourth-order valence-corrected chi connectivity index (χ4v) is 4.23. The Kier molecular flexibility index (Phi) is 4.52. The first-order valence-corrected chi connectivity index (χ1v) is 9.11. The van der Waals surface area contributed by atoms with Gasteiger partial charge in [0.1, 0.15) is 5.54 Å². The van der Waals surface area contributed by atoms with Crippen molar-refractivity contribution in [3.8, 4) is 0 Å². The molecular formula is C17H24N2O2S. The minimum absolute atomic E-state index is 0.0295. The smallest absolute Gasteiger partial charge is 0.245 e. The highest BCUT2D eigenvalue weighted by molar-refractivity contribution is 7.09. The number of carbonyl (C=O) groups is 2. The lowest BCUT2D eigenvalue weighted by molar-refractivity contribution is -0.141. The minimum Gasteiger partial charge on any atom is -0.351 e. The summed E-state index contributed by atoms with van der Waals surface area (Å²) < 4.78 is 0. The third-order valence-electron chi connectivity index (χ3n) is 5.05. The minimum atomic E-state index is -0.696. The lowest BCUT2D eigenvalue weighted by Crippen LogP contribution is -2.56. The van der Waals surface area contributed by atoms with Crippen molar-refractivity contribution in [1.29, 1.82) is 0 Å². The molecule has 22 heavy (non-hydrogen) atoms. The van der Waals surface area contributed by atoms with Gasteiger partial charge in [0.25, 0.3) is 0 Å². The van der Waals surface area contributed by atoms with Crippen LogP contribution in [0.25, 0.3) is 0 Å². The maximum atomic E-state index is 12.8. The molecule has 2 heterocycles. The predicted octanol–water partition coefficient (Wildman–Crippen LogP) is 3.08. The van der Waals surface area contributed by atoms with Crippen molar-refractivity contribution in [3.05, 3.63) is 22.4 Å². The van der Waals surface area contributed by atoms with Crippen molar-refractivity contribution in [2.24, 2.45) is 0 Å². The summed E-state index contributed by atoms with van der Waals surface area (Å²) >= 11 is 1.63. The summed E-state index contributed by atoms with van der Waals surface area (Å²) in [7, 11) is 0. The van der Waals surface area contributed by atoms with Crippen molar-refractivity contribution in [1.82, 2.24) is 10.2 Å². The molecule has 2 aliphatic rings. The molecule has 1 aromatic rings. The van der Waals surface area contributed by atoms with E-state index in [-0.39, 0.29) is 17.9 Å². The fraction of sp³-hybridized carbons (Fsp3) is 0.647. The molecule has 1 atom stereocenters. The van der Waals surface area contributed by atoms with Crippen molar-refractivity contribution in [2.75, 3.05) is 0 Å². The Bertz CT molecular complexity index is 537. The summed E-state index contributed by atoms with van der Waals surface area (Å²) in [5.74, 6) is 0.122. The zero-order chi connectivity index (χ0) is 15.6. The van der Waals surface area contributed by atoms with E-state index in [1.165, 1.54) is 19.3 Å². The normalized spacial score (nSPS) is 26.4. The van der Waals surface area contributed by atoms with Gasteiger partial charge in [0, 0.05) is 17.3 Å². The Balaban J connectivity index is 1.70. The van der Waals surface area contributed by atoms with E-state index >= 15 is 0 Å². The molecule has 2 fully saturated rings. The van der Waals surface area contributed by atoms with Crippen LogP contribution in [0.15, 0.2) is 17.5 Å². The molecule has 1 saturated heterocycles. The Labute approximate surface area is 135 Å². The van der Waals surface area contributed by atoms with Crippen molar-refractivity contribution in [3.63, 3.8) is 0 Å². The van der Waals surface area contributed by atoms with E-state index in [1.54, 1.807) is 16.2 Å². The topological polar surface area (TPSA) is 49.4 Å². The zero-order valence-corrected chi connectivity index (χ0v) is 14.0. The van der Waals surface area contributed by atoms with Crippen LogP contribution in [0.3, 0.4) is 0 Å². The van der Waals surface area contributed by atoms with Crippen LogP contribution in [-0.4, -0.2) is 28.3 Å². The molecule has 1 aromatic heterocycles. The summed E-state index contributed by atoms with van der Waals surface area (Å²) in [6.45, 7) is 2.47. The molecule has 5 heteroatoms. The third kappa shape index (κ3) is 3.05. The Morgan fingerprint density at radius 1 is 1.41 bits per heavy atom. The van der Waals surface area contributed by atoms with Crippen LogP contribution in [0, 0.1) is 0 Å². The molecule has 0 bridgehead atoms. The van der Waals surface area contributed by atoms with E-state index in [4.69, 9.17) is 0 Å². The average Bonchev–Trinajstić information content (AvgIpc) is 3.13. The number of nitrogens with zero attached hydrogens (tertiary/aromatic N) is 1. The monoisotopic (exact) mass is 320 g/mol. The standard InChI is InChI=1S/C17H24N2O2S/c1-17(16(21)18-13-6-3-2-4-7-13)10-9-15(20)19(17)12-14-8-5-11-22-14/h5,8,11,13H,2-4,6-7,9-10,12H2,1H3,(H,18,21)/t17-/m1/s1. The van der Waals surface area contributed by atoms with Crippen LogP contribution in [-0.2, 0) is 16.1 Å². The van der Waals surface area contributed by atoms with Gasteiger partial charge in [0.05, 0.1) is 6.54 Å². The maximum absolute atomic E-state index is 12.8. The van der Waals surface area contributed by atoms with Crippen molar-refractivity contribution < 1.29 is 9.59 Å². The van der Waals surface area contributed by atoms with Crippen LogP contribution in [0.1, 0.15) is 56.7 Å². The first-order chi connectivity index (χ1) is 10.6. The molecule has 0 unspecified atom stereocenters. The molecule has 1 saturated carbocycles. The molecular weight excluding hydrogens is 296 g/mol. The Morgan fingerprint density at radius 2 is 2.18 bits per heavy atom. The number of nitrogens with one attached hydrogen (secondary N) is 1. The second kappa shape index (κ2) is 6.41. The molecule has 1 N–H and O–H groups in total.